The van der Waals surface area contributed by atoms with Gasteiger partial charge in [-0.2, -0.15) is 0 Å². The second-order valence-electron chi connectivity index (χ2n) is 6.87. The first-order chi connectivity index (χ1) is 11.7. The number of nitrogens with one attached hydrogen (secondary N) is 1. The van der Waals surface area contributed by atoms with Crippen LogP contribution in [0.15, 0.2) is 12.4 Å². The quantitative estimate of drug-likeness (QED) is 0.875. The molecule has 0 saturated carbocycles. The number of nitrogens with zero attached hydrogens (tertiary/aromatic N) is 4. The number of anilines is 1. The van der Waals surface area contributed by atoms with Gasteiger partial charge in [-0.3, -0.25) is 9.69 Å². The average Bonchev–Trinajstić information content (AvgIpc) is 3.08. The fourth-order valence-electron chi connectivity index (χ4n) is 4.22. The van der Waals surface area contributed by atoms with Crippen molar-refractivity contribution in [1.82, 2.24) is 19.8 Å². The Balaban J connectivity index is 1.45. The lowest BCUT2D eigenvalue weighted by molar-refractivity contribution is -0.180. The molecular weight excluding hydrogens is 306 g/mol. The third-order valence-electron chi connectivity index (χ3n) is 5.35. The molecule has 1 aromatic rings. The maximum Gasteiger partial charge on any atom is 0.226 e. The molecule has 2 atom stereocenters. The van der Waals surface area contributed by atoms with Crippen LogP contribution in [0.3, 0.4) is 0 Å². The fourth-order valence-corrected chi connectivity index (χ4v) is 4.22. The molecule has 4 heterocycles. The highest BCUT2D eigenvalue weighted by Crippen LogP contribution is 2.45. The minimum atomic E-state index is -0.376. The summed E-state index contributed by atoms with van der Waals surface area (Å²) in [6.45, 7) is 6.31. The normalized spacial score (nSPS) is 29.6. The number of rotatable bonds is 5. The lowest BCUT2D eigenvalue weighted by Gasteiger charge is -2.42. The van der Waals surface area contributed by atoms with Crippen molar-refractivity contribution >= 4 is 11.9 Å². The molecule has 130 valence electrons. The van der Waals surface area contributed by atoms with Crippen LogP contribution in [0.5, 0.6) is 0 Å². The van der Waals surface area contributed by atoms with Gasteiger partial charge in [-0.15, -0.1) is 0 Å². The third-order valence-corrected chi connectivity index (χ3v) is 5.35. The van der Waals surface area contributed by atoms with Crippen molar-refractivity contribution in [2.75, 3.05) is 31.6 Å². The molecule has 0 aliphatic carbocycles. The molecule has 3 aliphatic heterocycles. The highest BCUT2D eigenvalue weighted by Gasteiger charge is 2.60. The predicted octanol–water partition coefficient (Wildman–Crippen LogP) is 1.22. The summed E-state index contributed by atoms with van der Waals surface area (Å²) < 4.78 is 6.14. The van der Waals surface area contributed by atoms with Gasteiger partial charge in [0, 0.05) is 57.0 Å². The van der Waals surface area contributed by atoms with E-state index in [4.69, 9.17) is 4.74 Å². The van der Waals surface area contributed by atoms with Gasteiger partial charge < -0.3 is 15.0 Å². The zero-order valence-electron chi connectivity index (χ0n) is 14.2. The van der Waals surface area contributed by atoms with Crippen LogP contribution >= 0.6 is 0 Å². The molecule has 7 heteroatoms. The molecular formula is C17H25N5O2. The van der Waals surface area contributed by atoms with Crippen LogP contribution in [-0.4, -0.2) is 63.7 Å². The SMILES string of the molecule is CCCNc1ncc(CN2CC[C@@]34OCCCN3C(=O)C[C@@H]24)cn1. The van der Waals surface area contributed by atoms with Gasteiger partial charge in [-0.1, -0.05) is 6.92 Å². The zero-order valence-corrected chi connectivity index (χ0v) is 14.2. The van der Waals surface area contributed by atoms with E-state index in [1.54, 1.807) is 0 Å². The van der Waals surface area contributed by atoms with Gasteiger partial charge >= 0.3 is 0 Å². The van der Waals surface area contributed by atoms with Crippen LogP contribution in [-0.2, 0) is 16.1 Å². The van der Waals surface area contributed by atoms with Gasteiger partial charge in [0.25, 0.3) is 0 Å². The van der Waals surface area contributed by atoms with Gasteiger partial charge in [0.05, 0.1) is 12.6 Å². The smallest absolute Gasteiger partial charge is 0.226 e. The maximum atomic E-state index is 12.3. The summed E-state index contributed by atoms with van der Waals surface area (Å²) in [7, 11) is 0. The summed E-state index contributed by atoms with van der Waals surface area (Å²) in [5, 5.41) is 3.19. The first-order valence-corrected chi connectivity index (χ1v) is 8.96. The number of hydrogen-bond donors (Lipinski definition) is 1. The van der Waals surface area contributed by atoms with Crippen molar-refractivity contribution in [3.05, 3.63) is 18.0 Å². The van der Waals surface area contributed by atoms with Crippen molar-refractivity contribution < 1.29 is 9.53 Å². The van der Waals surface area contributed by atoms with Gasteiger partial charge in [0.1, 0.15) is 0 Å². The monoisotopic (exact) mass is 331 g/mol. The standard InChI is InChI=1S/C17H25N5O2/c1-2-5-18-16-19-10-13(11-20-16)12-21-7-4-17-14(21)9-15(23)22(17)6-3-8-24-17/h10-11,14H,2-9,12H2,1H3,(H,18,19,20)/t14-,17+/m1/s1. The van der Waals surface area contributed by atoms with Crippen molar-refractivity contribution in [2.45, 2.75) is 50.9 Å². The summed E-state index contributed by atoms with van der Waals surface area (Å²) in [5.74, 6) is 0.913. The summed E-state index contributed by atoms with van der Waals surface area (Å²) in [6, 6.07) is 0.156. The molecule has 3 aliphatic rings. The lowest BCUT2D eigenvalue weighted by Crippen LogP contribution is -2.56. The molecule has 0 bridgehead atoms. The van der Waals surface area contributed by atoms with E-state index in [-0.39, 0.29) is 17.7 Å². The van der Waals surface area contributed by atoms with Gasteiger partial charge in [0.2, 0.25) is 11.9 Å². The molecule has 7 nitrogen and oxygen atoms in total. The fraction of sp³-hybridized carbons (Fsp3) is 0.706. The van der Waals surface area contributed by atoms with Crippen LogP contribution < -0.4 is 5.32 Å². The van der Waals surface area contributed by atoms with Crippen LogP contribution in [0.4, 0.5) is 5.95 Å². The van der Waals surface area contributed by atoms with Crippen LogP contribution in [0.2, 0.25) is 0 Å². The van der Waals surface area contributed by atoms with Crippen LogP contribution in [0.1, 0.15) is 38.2 Å². The minimum Gasteiger partial charge on any atom is -0.354 e. The van der Waals surface area contributed by atoms with Crippen LogP contribution in [0, 0.1) is 0 Å². The highest BCUT2D eigenvalue weighted by molar-refractivity contribution is 5.81. The molecule has 4 rings (SSSR count). The third kappa shape index (κ3) is 2.56. The summed E-state index contributed by atoms with van der Waals surface area (Å²) in [4.78, 5) is 25.5. The van der Waals surface area contributed by atoms with E-state index in [2.05, 4.69) is 27.1 Å². The zero-order chi connectivity index (χ0) is 16.6. The van der Waals surface area contributed by atoms with E-state index in [0.717, 1.165) is 57.6 Å². The molecule has 0 aromatic carbocycles. The Kier molecular flexibility index (Phi) is 4.14. The molecule has 1 aromatic heterocycles. The van der Waals surface area contributed by atoms with Gasteiger partial charge in [0.15, 0.2) is 5.72 Å². The van der Waals surface area contributed by atoms with E-state index in [0.29, 0.717) is 12.4 Å². The Morgan fingerprint density at radius 2 is 2.21 bits per heavy atom. The second kappa shape index (κ2) is 6.29. The first kappa shape index (κ1) is 15.8. The van der Waals surface area contributed by atoms with Gasteiger partial charge in [-0.05, 0) is 12.8 Å². The van der Waals surface area contributed by atoms with E-state index in [1.807, 2.05) is 17.3 Å². The van der Waals surface area contributed by atoms with Crippen molar-refractivity contribution in [3.8, 4) is 0 Å². The molecule has 24 heavy (non-hydrogen) atoms. The Morgan fingerprint density at radius 3 is 3.00 bits per heavy atom. The number of carbonyl (C=O) groups is 1. The number of ether oxygens (including phenoxy) is 1. The van der Waals surface area contributed by atoms with Crippen molar-refractivity contribution in [1.29, 1.82) is 0 Å². The molecule has 0 radical (unpaired) electrons. The summed E-state index contributed by atoms with van der Waals surface area (Å²) >= 11 is 0. The van der Waals surface area contributed by atoms with Gasteiger partial charge in [-0.25, -0.2) is 9.97 Å². The van der Waals surface area contributed by atoms with E-state index >= 15 is 0 Å². The maximum absolute atomic E-state index is 12.3. The number of amides is 1. The molecule has 3 saturated heterocycles. The summed E-state index contributed by atoms with van der Waals surface area (Å²) in [6.07, 6.45) is 7.23. The highest BCUT2D eigenvalue weighted by atomic mass is 16.5. The topological polar surface area (TPSA) is 70.6 Å². The number of carbonyl (C=O) groups excluding carboxylic acids is 1. The Hall–Kier alpha value is -1.73. The Bertz CT molecular complexity index is 608. The Morgan fingerprint density at radius 1 is 1.38 bits per heavy atom. The molecule has 1 N–H and O–H groups in total. The van der Waals surface area contributed by atoms with E-state index < -0.39 is 0 Å². The second-order valence-corrected chi connectivity index (χ2v) is 6.87. The molecule has 0 unspecified atom stereocenters. The number of likely N-dealkylation sites (tertiary alicyclic amines) is 1. The Labute approximate surface area is 142 Å². The minimum absolute atomic E-state index is 0.156. The lowest BCUT2D eigenvalue weighted by atomic mass is 10.0. The predicted molar refractivity (Wildman–Crippen MR) is 89.3 cm³/mol. The number of aromatic nitrogens is 2. The molecule has 3 fully saturated rings. The van der Waals surface area contributed by atoms with Crippen LogP contribution in [0.25, 0.3) is 0 Å². The van der Waals surface area contributed by atoms with E-state index in [9.17, 15) is 4.79 Å². The van der Waals surface area contributed by atoms with E-state index in [1.165, 1.54) is 0 Å². The summed E-state index contributed by atoms with van der Waals surface area (Å²) in [5.41, 5.74) is 0.703. The number of hydrogen-bond acceptors (Lipinski definition) is 6. The largest absolute Gasteiger partial charge is 0.354 e. The molecule has 1 amide bonds. The first-order valence-electron chi connectivity index (χ1n) is 8.96. The molecule has 1 spiro atoms. The van der Waals surface area contributed by atoms with Crippen molar-refractivity contribution in [3.63, 3.8) is 0 Å². The average molecular weight is 331 g/mol. The van der Waals surface area contributed by atoms with Crippen molar-refractivity contribution in [2.24, 2.45) is 0 Å².